The first-order chi connectivity index (χ1) is 12.5. The Balaban J connectivity index is 3.33. The molecule has 0 spiro atoms. The molecule has 13 heteroatoms. The number of nitrogens with one attached hydrogen (secondary N) is 2. The number of H-pyrrole nitrogens is 1. The molecule has 1 aromatic rings. The second-order valence-corrected chi connectivity index (χ2v) is 5.72. The lowest BCUT2D eigenvalue weighted by Crippen LogP contribution is -2.60. The number of aromatic hydroxyl groups is 2. The van der Waals surface area contributed by atoms with Crippen molar-refractivity contribution >= 4 is 23.6 Å². The summed E-state index contributed by atoms with van der Waals surface area (Å²) in [6.45, 7) is -1.14. The van der Waals surface area contributed by atoms with E-state index >= 15 is 0 Å². The Morgan fingerprint density at radius 3 is 2.15 bits per heavy atom. The summed E-state index contributed by atoms with van der Waals surface area (Å²) >= 11 is 0. The summed E-state index contributed by atoms with van der Waals surface area (Å²) in [5.41, 5.74) is 7.13. The summed E-state index contributed by atoms with van der Waals surface area (Å²) < 4.78 is 0. The van der Waals surface area contributed by atoms with Crippen LogP contribution in [0.2, 0.25) is 0 Å². The number of hydrogen-bond acceptors (Lipinski definition) is 9. The fourth-order valence-corrected chi connectivity index (χ4v) is 2.33. The topological polar surface area (TPSA) is 249 Å². The Labute approximate surface area is 151 Å². The van der Waals surface area contributed by atoms with E-state index in [0.717, 1.165) is 0 Å². The van der Waals surface area contributed by atoms with E-state index in [-0.39, 0.29) is 12.2 Å². The van der Waals surface area contributed by atoms with Crippen LogP contribution in [-0.4, -0.2) is 72.3 Å². The zero-order valence-corrected chi connectivity index (χ0v) is 13.9. The normalized spacial score (nSPS) is 14.2. The van der Waals surface area contributed by atoms with E-state index < -0.39 is 71.9 Å². The van der Waals surface area contributed by atoms with E-state index in [4.69, 9.17) is 21.7 Å². The van der Waals surface area contributed by atoms with Gasteiger partial charge in [0.05, 0.1) is 18.7 Å². The molecule has 2 atom stereocenters. The summed E-state index contributed by atoms with van der Waals surface area (Å²) in [4.78, 5) is 49.4. The third-order valence-electron chi connectivity index (χ3n) is 3.73. The predicted molar refractivity (Wildman–Crippen MR) is 86.8 cm³/mol. The number of Topliss-reactive ketones (excluding diaryl/α,β-unsaturated/α-hetero) is 1. The number of carbonyl (C=O) groups is 4. The van der Waals surface area contributed by atoms with Gasteiger partial charge in [-0.05, 0) is 0 Å². The minimum absolute atomic E-state index is 0.110. The first-order valence-corrected chi connectivity index (χ1v) is 7.48. The number of rotatable bonds is 10. The number of hydrogen-bond donors (Lipinski definition) is 9. The van der Waals surface area contributed by atoms with Gasteiger partial charge in [0.15, 0.2) is 17.1 Å². The average molecular weight is 388 g/mol. The maximum atomic E-state index is 12.5. The van der Waals surface area contributed by atoms with E-state index in [1.807, 2.05) is 5.32 Å². The van der Waals surface area contributed by atoms with Crippen molar-refractivity contribution in [1.82, 2.24) is 10.3 Å². The van der Waals surface area contributed by atoms with Gasteiger partial charge in [-0.3, -0.25) is 14.4 Å². The third-order valence-corrected chi connectivity index (χ3v) is 3.73. The molecule has 0 aliphatic rings. The lowest BCUT2D eigenvalue weighted by Gasteiger charge is -2.29. The molecule has 0 saturated heterocycles. The number of ketones is 1. The third kappa shape index (κ3) is 4.72. The van der Waals surface area contributed by atoms with E-state index in [0.29, 0.717) is 0 Å². The second kappa shape index (κ2) is 8.48. The molecule has 13 nitrogen and oxygen atoms in total. The van der Waals surface area contributed by atoms with Crippen LogP contribution in [0.1, 0.15) is 28.9 Å². The maximum Gasteiger partial charge on any atom is 0.330 e. The summed E-state index contributed by atoms with van der Waals surface area (Å²) in [6, 6.07) is -1.56. The summed E-state index contributed by atoms with van der Waals surface area (Å²) in [7, 11) is 0. The maximum absolute atomic E-state index is 12.5. The van der Waals surface area contributed by atoms with E-state index in [9.17, 15) is 34.5 Å². The molecule has 11 N–H and O–H groups in total. The van der Waals surface area contributed by atoms with Crippen molar-refractivity contribution in [2.45, 2.75) is 31.0 Å². The first-order valence-electron chi connectivity index (χ1n) is 7.48. The summed E-state index contributed by atoms with van der Waals surface area (Å²) in [6.07, 6.45) is -2.35. The number of aromatic nitrogens is 1. The van der Waals surface area contributed by atoms with E-state index in [2.05, 4.69) is 4.98 Å². The molecule has 0 aliphatic carbocycles. The molecule has 1 aromatic heterocycles. The van der Waals surface area contributed by atoms with Crippen molar-refractivity contribution in [3.63, 3.8) is 0 Å². The Morgan fingerprint density at radius 2 is 1.74 bits per heavy atom. The number of carbonyl (C=O) groups excluding carboxylic acids is 2. The highest BCUT2D eigenvalue weighted by atomic mass is 16.4. The minimum Gasteiger partial charge on any atom is -0.505 e. The lowest BCUT2D eigenvalue weighted by atomic mass is 9.86. The van der Waals surface area contributed by atoms with E-state index in [1.54, 1.807) is 0 Å². The molecule has 27 heavy (non-hydrogen) atoms. The number of aliphatic hydroxyl groups is 1. The SMILES string of the molecule is NCc1[nH]c(O)c(C(=O)CC(CC(=O)O)(NC(=O)[C@@H](N)CO)C(=O)O)c1O. The predicted octanol–water partition coefficient (Wildman–Crippen LogP) is -2.81. The molecule has 1 heterocycles. The summed E-state index contributed by atoms with van der Waals surface area (Å²) in [5.74, 6) is -7.45. The van der Waals surface area contributed by atoms with Crippen LogP contribution in [0.4, 0.5) is 0 Å². The van der Waals surface area contributed by atoms with Crippen LogP contribution >= 0.6 is 0 Å². The highest BCUT2D eigenvalue weighted by Gasteiger charge is 2.46. The molecule has 0 bridgehead atoms. The van der Waals surface area contributed by atoms with Crippen molar-refractivity contribution in [1.29, 1.82) is 0 Å². The van der Waals surface area contributed by atoms with Gasteiger partial charge >= 0.3 is 11.9 Å². The number of carboxylic acid groups (broad SMARTS) is 2. The number of amides is 1. The van der Waals surface area contributed by atoms with Gasteiger partial charge in [0.2, 0.25) is 11.8 Å². The molecule has 0 fully saturated rings. The fourth-order valence-electron chi connectivity index (χ4n) is 2.33. The number of aliphatic carboxylic acids is 2. The van der Waals surface area contributed by atoms with Gasteiger partial charge in [0.1, 0.15) is 11.6 Å². The number of carboxylic acids is 2. The van der Waals surface area contributed by atoms with E-state index in [1.165, 1.54) is 0 Å². The molecule has 0 saturated carbocycles. The van der Waals surface area contributed by atoms with Gasteiger partial charge in [0, 0.05) is 13.0 Å². The molecule has 0 aliphatic heterocycles. The molecular weight excluding hydrogens is 368 g/mol. The highest BCUT2D eigenvalue weighted by Crippen LogP contribution is 2.33. The summed E-state index contributed by atoms with van der Waals surface area (Å²) in [5, 5.41) is 48.9. The molecule has 0 radical (unpaired) electrons. The van der Waals surface area contributed by atoms with Crippen LogP contribution < -0.4 is 16.8 Å². The molecule has 150 valence electrons. The smallest absolute Gasteiger partial charge is 0.330 e. The van der Waals surface area contributed by atoms with Crippen molar-refractivity contribution < 1.29 is 44.7 Å². The van der Waals surface area contributed by atoms with Gasteiger partial charge in [-0.2, -0.15) is 0 Å². The van der Waals surface area contributed by atoms with Gasteiger partial charge in [-0.15, -0.1) is 0 Å². The molecule has 1 unspecified atom stereocenters. The number of aromatic amines is 1. The average Bonchev–Trinajstić information content (AvgIpc) is 2.86. The molecular formula is C14H20N4O9. The first kappa shape index (κ1) is 21.9. The zero-order valence-electron chi connectivity index (χ0n) is 13.9. The van der Waals surface area contributed by atoms with Crippen LogP contribution in [0, 0.1) is 0 Å². The monoisotopic (exact) mass is 388 g/mol. The Bertz CT molecular complexity index is 760. The standard InChI is InChI=1S/C14H20N4O9/c15-3-6-10(23)9(12(25)17-6)7(20)1-14(13(26)27,2-8(21)22)18-11(24)5(16)4-19/h5,17,19,23,25H,1-4,15-16H2,(H,18,24)(H,21,22)(H,26,27)/t5-,14?/m0/s1. The Hall–Kier alpha value is -3.16. The van der Waals surface area contributed by atoms with Gasteiger partial charge in [-0.1, -0.05) is 0 Å². The van der Waals surface area contributed by atoms with Crippen molar-refractivity contribution in [2.24, 2.45) is 11.5 Å². The van der Waals surface area contributed by atoms with Crippen LogP contribution in [0.5, 0.6) is 11.6 Å². The Morgan fingerprint density at radius 1 is 1.15 bits per heavy atom. The minimum atomic E-state index is -2.65. The highest BCUT2D eigenvalue weighted by molar-refractivity contribution is 6.06. The second-order valence-electron chi connectivity index (χ2n) is 5.72. The van der Waals surface area contributed by atoms with Gasteiger partial charge in [-0.25, -0.2) is 4.79 Å². The fraction of sp³-hybridized carbons (Fsp3) is 0.429. The molecule has 0 aromatic carbocycles. The molecule has 1 rings (SSSR count). The largest absolute Gasteiger partial charge is 0.505 e. The Kier molecular flexibility index (Phi) is 6.87. The number of aliphatic hydroxyl groups excluding tert-OH is 1. The van der Waals surface area contributed by atoms with Crippen LogP contribution in [-0.2, 0) is 20.9 Å². The van der Waals surface area contributed by atoms with Gasteiger partial charge in [0.25, 0.3) is 0 Å². The van der Waals surface area contributed by atoms with Crippen LogP contribution in [0.3, 0.4) is 0 Å². The van der Waals surface area contributed by atoms with Crippen LogP contribution in [0.15, 0.2) is 0 Å². The number of nitrogens with two attached hydrogens (primary N) is 2. The van der Waals surface area contributed by atoms with Gasteiger partial charge < -0.3 is 47.3 Å². The van der Waals surface area contributed by atoms with Crippen LogP contribution in [0.25, 0.3) is 0 Å². The van der Waals surface area contributed by atoms with Crippen molar-refractivity contribution in [3.05, 3.63) is 11.3 Å². The van der Waals surface area contributed by atoms with Crippen molar-refractivity contribution in [3.8, 4) is 11.6 Å². The zero-order chi connectivity index (χ0) is 20.9. The quantitative estimate of drug-likeness (QED) is 0.185. The molecule has 1 amide bonds. The van der Waals surface area contributed by atoms with Crippen molar-refractivity contribution in [2.75, 3.05) is 6.61 Å². The lowest BCUT2D eigenvalue weighted by molar-refractivity contribution is -0.153.